The lowest BCUT2D eigenvalue weighted by Gasteiger charge is -2.29. The van der Waals surface area contributed by atoms with Gasteiger partial charge in [0.1, 0.15) is 18.4 Å². The van der Waals surface area contributed by atoms with E-state index in [0.29, 0.717) is 35.7 Å². The van der Waals surface area contributed by atoms with Gasteiger partial charge in [-0.1, -0.05) is 24.3 Å². The first-order chi connectivity index (χ1) is 18.4. The number of urea groups is 1. The minimum atomic E-state index is -0.658. The van der Waals surface area contributed by atoms with Crippen LogP contribution in [0.25, 0.3) is 0 Å². The Balaban J connectivity index is 1.12. The fourth-order valence-corrected chi connectivity index (χ4v) is 4.58. The molecule has 2 aliphatic rings. The first kappa shape index (κ1) is 24.8. The summed E-state index contributed by atoms with van der Waals surface area (Å²) in [6.07, 6.45) is 0.522. The van der Waals surface area contributed by atoms with Crippen LogP contribution in [0.4, 0.5) is 16.2 Å². The van der Waals surface area contributed by atoms with Crippen molar-refractivity contribution in [2.45, 2.75) is 38.6 Å². The van der Waals surface area contributed by atoms with Crippen molar-refractivity contribution in [1.29, 1.82) is 0 Å². The number of hydrogen-bond acceptors (Lipinski definition) is 6. The van der Waals surface area contributed by atoms with Crippen LogP contribution in [0, 0.1) is 0 Å². The summed E-state index contributed by atoms with van der Waals surface area (Å²) in [4.78, 5) is 50.4. The molecule has 3 aromatic carbocycles. The third-order valence-corrected chi connectivity index (χ3v) is 6.51. The van der Waals surface area contributed by atoms with Gasteiger partial charge in [-0.15, -0.1) is 0 Å². The largest absolute Gasteiger partial charge is 0.489 e. The fourth-order valence-electron chi connectivity index (χ4n) is 4.58. The van der Waals surface area contributed by atoms with Crippen molar-refractivity contribution in [3.8, 4) is 5.75 Å². The number of nitrogens with two attached hydrogens (primary N) is 1. The Morgan fingerprint density at radius 1 is 1.03 bits per heavy atom. The number of carbonyl (C=O) groups excluding carboxylic acids is 4. The van der Waals surface area contributed by atoms with E-state index in [2.05, 4.69) is 16.0 Å². The molecular weight excluding hydrogens is 486 g/mol. The minimum absolute atomic E-state index is 0.208. The van der Waals surface area contributed by atoms with Crippen LogP contribution in [0.15, 0.2) is 66.7 Å². The van der Waals surface area contributed by atoms with Gasteiger partial charge in [-0.3, -0.25) is 19.7 Å². The predicted molar refractivity (Wildman–Crippen MR) is 140 cm³/mol. The quantitative estimate of drug-likeness (QED) is 0.283. The monoisotopic (exact) mass is 513 g/mol. The second kappa shape index (κ2) is 10.6. The highest BCUT2D eigenvalue weighted by Crippen LogP contribution is 2.28. The van der Waals surface area contributed by atoms with Crippen molar-refractivity contribution in [2.75, 3.05) is 11.1 Å². The van der Waals surface area contributed by atoms with E-state index in [4.69, 9.17) is 10.5 Å². The summed E-state index contributed by atoms with van der Waals surface area (Å²) < 4.78 is 5.76. The molecule has 38 heavy (non-hydrogen) atoms. The molecule has 1 atom stereocenters. The third-order valence-electron chi connectivity index (χ3n) is 6.51. The maximum atomic E-state index is 12.8. The summed E-state index contributed by atoms with van der Waals surface area (Å²) in [6, 6.07) is 18.8. The Bertz CT molecular complexity index is 1400. The van der Waals surface area contributed by atoms with Crippen molar-refractivity contribution < 1.29 is 23.9 Å². The number of rotatable bonds is 7. The number of nitrogens with one attached hydrogen (secondary N) is 3. The summed E-state index contributed by atoms with van der Waals surface area (Å²) in [5.41, 5.74) is 10.2. The summed E-state index contributed by atoms with van der Waals surface area (Å²) in [6.45, 7) is 0.926. The van der Waals surface area contributed by atoms with E-state index >= 15 is 0 Å². The second-order valence-corrected chi connectivity index (χ2v) is 9.26. The molecule has 0 spiro atoms. The number of carbonyl (C=O) groups is 4. The maximum absolute atomic E-state index is 12.8. The van der Waals surface area contributed by atoms with E-state index in [1.807, 2.05) is 30.3 Å². The molecule has 2 aliphatic heterocycles. The molecule has 0 aromatic heterocycles. The lowest BCUT2D eigenvalue weighted by atomic mass is 10.0. The van der Waals surface area contributed by atoms with Crippen LogP contribution < -0.4 is 26.4 Å². The zero-order valence-electron chi connectivity index (χ0n) is 20.5. The molecule has 1 unspecified atom stereocenters. The number of amides is 5. The average Bonchev–Trinajstić information content (AvgIpc) is 3.22. The average molecular weight is 514 g/mol. The Morgan fingerprint density at radius 2 is 1.84 bits per heavy atom. The number of nitrogen functional groups attached to an aromatic ring is 1. The van der Waals surface area contributed by atoms with Crippen LogP contribution >= 0.6 is 0 Å². The summed E-state index contributed by atoms with van der Waals surface area (Å²) in [7, 11) is 0. The van der Waals surface area contributed by atoms with Crippen LogP contribution in [0.5, 0.6) is 5.75 Å². The molecule has 0 aliphatic carbocycles. The van der Waals surface area contributed by atoms with Crippen molar-refractivity contribution in [1.82, 2.24) is 15.5 Å². The lowest BCUT2D eigenvalue weighted by molar-refractivity contribution is -0.136. The van der Waals surface area contributed by atoms with E-state index in [1.54, 1.807) is 36.4 Å². The molecule has 0 saturated carbocycles. The molecule has 10 nitrogen and oxygen atoms in total. The molecule has 1 saturated heterocycles. The van der Waals surface area contributed by atoms with Crippen molar-refractivity contribution in [3.63, 3.8) is 0 Å². The van der Waals surface area contributed by atoms with Gasteiger partial charge >= 0.3 is 6.03 Å². The number of fused-ring (bicyclic) bond motifs is 1. The second-order valence-electron chi connectivity index (χ2n) is 9.26. The number of imide groups is 1. The van der Waals surface area contributed by atoms with Crippen LogP contribution in [0.2, 0.25) is 0 Å². The van der Waals surface area contributed by atoms with Crippen molar-refractivity contribution in [3.05, 3.63) is 89.0 Å². The maximum Gasteiger partial charge on any atom is 0.319 e. The number of ether oxygens (including phenoxy) is 1. The molecule has 5 rings (SSSR count). The Kier molecular flexibility index (Phi) is 6.94. The zero-order valence-corrected chi connectivity index (χ0v) is 20.5. The molecule has 2 heterocycles. The molecule has 194 valence electrons. The van der Waals surface area contributed by atoms with Gasteiger partial charge in [0.2, 0.25) is 11.8 Å². The number of anilines is 2. The first-order valence-corrected chi connectivity index (χ1v) is 12.2. The van der Waals surface area contributed by atoms with Gasteiger partial charge in [0.05, 0.1) is 0 Å². The normalized spacial score (nSPS) is 16.6. The first-order valence-electron chi connectivity index (χ1n) is 12.2. The highest BCUT2D eigenvalue weighted by atomic mass is 16.5. The number of nitrogens with zero attached hydrogens (tertiary/aromatic N) is 1. The Morgan fingerprint density at radius 3 is 2.61 bits per heavy atom. The highest BCUT2D eigenvalue weighted by molar-refractivity contribution is 6.05. The van der Waals surface area contributed by atoms with E-state index in [1.165, 1.54) is 4.90 Å². The smallest absolute Gasteiger partial charge is 0.319 e. The van der Waals surface area contributed by atoms with Crippen LogP contribution in [-0.4, -0.2) is 34.7 Å². The molecule has 1 fully saturated rings. The molecule has 5 amide bonds. The van der Waals surface area contributed by atoms with Crippen LogP contribution in [-0.2, 0) is 29.3 Å². The zero-order chi connectivity index (χ0) is 26.6. The molecular formula is C28H27N5O5. The summed E-state index contributed by atoms with van der Waals surface area (Å²) in [5, 5.41) is 7.89. The number of benzene rings is 3. The topological polar surface area (TPSA) is 143 Å². The molecule has 10 heteroatoms. The SMILES string of the molecule is Nc1cccc(COc2ccc(NC(=O)NCc3ccc4c(c3)CN(C3CCC(=O)NC3=O)C4=O)cc2)c1. The van der Waals surface area contributed by atoms with E-state index < -0.39 is 11.9 Å². The standard InChI is InChI=1S/C28H27N5O5/c29-20-3-1-2-18(13-20)16-38-22-7-5-21(6-8-22)31-28(37)30-14-17-4-9-23-19(12-17)15-33(27(23)36)24-10-11-25(34)32-26(24)35/h1-9,12-13,24H,10-11,14-16,29H2,(H2,30,31,37)(H,32,34,35). The summed E-state index contributed by atoms with van der Waals surface area (Å²) >= 11 is 0. The molecule has 0 bridgehead atoms. The van der Waals surface area contributed by atoms with Gasteiger partial charge in [0.15, 0.2) is 0 Å². The molecule has 5 N–H and O–H groups in total. The summed E-state index contributed by atoms with van der Waals surface area (Å²) in [5.74, 6) is -0.327. The van der Waals surface area contributed by atoms with Gasteiger partial charge in [-0.2, -0.15) is 0 Å². The lowest BCUT2D eigenvalue weighted by Crippen LogP contribution is -2.52. The van der Waals surface area contributed by atoms with Gasteiger partial charge in [-0.25, -0.2) is 4.79 Å². The Labute approximate surface area is 219 Å². The van der Waals surface area contributed by atoms with Gasteiger partial charge in [0.25, 0.3) is 5.91 Å². The van der Waals surface area contributed by atoms with Crippen LogP contribution in [0.3, 0.4) is 0 Å². The number of piperidine rings is 1. The van der Waals surface area contributed by atoms with Crippen molar-refractivity contribution >= 4 is 35.1 Å². The Hall–Kier alpha value is -4.86. The number of hydrogen-bond donors (Lipinski definition) is 4. The minimum Gasteiger partial charge on any atom is -0.489 e. The van der Waals surface area contributed by atoms with E-state index in [9.17, 15) is 19.2 Å². The third kappa shape index (κ3) is 5.59. The van der Waals surface area contributed by atoms with Gasteiger partial charge in [0, 0.05) is 36.4 Å². The highest BCUT2D eigenvalue weighted by Gasteiger charge is 2.39. The van der Waals surface area contributed by atoms with E-state index in [0.717, 1.165) is 16.7 Å². The van der Waals surface area contributed by atoms with Gasteiger partial charge in [-0.05, 0) is 65.6 Å². The molecule has 3 aromatic rings. The predicted octanol–water partition coefficient (Wildman–Crippen LogP) is 2.93. The van der Waals surface area contributed by atoms with E-state index in [-0.39, 0.29) is 37.4 Å². The van der Waals surface area contributed by atoms with Crippen molar-refractivity contribution in [2.24, 2.45) is 0 Å². The van der Waals surface area contributed by atoms with Gasteiger partial charge < -0.3 is 26.0 Å². The fraction of sp³-hybridized carbons (Fsp3) is 0.214. The van der Waals surface area contributed by atoms with Crippen LogP contribution in [0.1, 0.15) is 39.9 Å². The molecule has 0 radical (unpaired) electrons.